The van der Waals surface area contributed by atoms with Crippen LogP contribution in [0.2, 0.25) is 0 Å². The molecular weight excluding hydrogens is 1060 g/mol. The van der Waals surface area contributed by atoms with Crippen molar-refractivity contribution in [1.82, 2.24) is 0 Å². The van der Waals surface area contributed by atoms with Crippen LogP contribution in [0.5, 0.6) is 0 Å². The maximum atomic E-state index is 2.46. The van der Waals surface area contributed by atoms with Gasteiger partial charge in [0, 0.05) is 0 Å². The van der Waals surface area contributed by atoms with Gasteiger partial charge < -0.3 is 0 Å². The molecule has 17 aromatic rings. The summed E-state index contributed by atoms with van der Waals surface area (Å²) in [7, 11) is 0. The molecule has 0 heteroatoms. The normalized spacial score (nSPS) is 11.6. The molecule has 0 amide bonds. The van der Waals surface area contributed by atoms with Crippen molar-refractivity contribution >= 4 is 75.4 Å². The van der Waals surface area contributed by atoms with Gasteiger partial charge in [-0.25, -0.2) is 0 Å². The van der Waals surface area contributed by atoms with E-state index >= 15 is 0 Å². The lowest BCUT2D eigenvalue weighted by atomic mass is 9.82. The Kier molecular flexibility index (Phi) is 12.3. The first-order valence-electron chi connectivity index (χ1n) is 30.5. The minimum atomic E-state index is 1.15. The topological polar surface area (TPSA) is 0 Å². The number of rotatable bonds is 9. The van der Waals surface area contributed by atoms with Gasteiger partial charge in [-0.3, -0.25) is 0 Å². The van der Waals surface area contributed by atoms with Crippen LogP contribution in [0.3, 0.4) is 0 Å². The maximum absolute atomic E-state index is 2.46. The summed E-state index contributed by atoms with van der Waals surface area (Å²) < 4.78 is 0. The predicted octanol–water partition coefficient (Wildman–Crippen LogP) is 24.8. The minimum absolute atomic E-state index is 1.15. The van der Waals surface area contributed by atoms with Crippen LogP contribution in [-0.4, -0.2) is 0 Å². The minimum Gasteiger partial charge on any atom is -0.0616 e. The zero-order valence-corrected chi connectivity index (χ0v) is 48.3. The van der Waals surface area contributed by atoms with Crippen molar-refractivity contribution in [3.8, 4) is 100 Å². The highest BCUT2D eigenvalue weighted by Crippen LogP contribution is 2.49. The van der Waals surface area contributed by atoms with Gasteiger partial charge in [0.1, 0.15) is 0 Å². The Bertz CT molecular complexity index is 5370. The van der Waals surface area contributed by atoms with E-state index in [2.05, 4.69) is 340 Å². The van der Waals surface area contributed by atoms with Crippen LogP contribution < -0.4 is 0 Å². The Balaban J connectivity index is 0.876. The Morgan fingerprint density at radius 2 is 0.398 bits per heavy atom. The van der Waals surface area contributed by atoms with E-state index in [0.717, 1.165) is 27.8 Å². The molecule has 0 heterocycles. The molecule has 88 heavy (non-hydrogen) atoms. The Hall–Kier alpha value is -11.4. The molecular formula is C88H56. The third-order valence-electron chi connectivity index (χ3n) is 18.5. The molecule has 0 atom stereocenters. The molecule has 408 valence electrons. The van der Waals surface area contributed by atoms with Gasteiger partial charge in [0.15, 0.2) is 0 Å². The summed E-state index contributed by atoms with van der Waals surface area (Å²) in [5, 5.41) is 17.4. The maximum Gasteiger partial charge on any atom is -0.00261 e. The fourth-order valence-corrected chi connectivity index (χ4v) is 14.2. The van der Waals surface area contributed by atoms with E-state index in [1.165, 1.54) is 148 Å². The smallest absolute Gasteiger partial charge is 0.00261 e. The van der Waals surface area contributed by atoms with Crippen LogP contribution in [0, 0.1) is 0 Å². The van der Waals surface area contributed by atoms with E-state index in [1.54, 1.807) is 0 Å². The quantitative estimate of drug-likeness (QED) is 0.0998. The molecule has 0 aliphatic carbocycles. The van der Waals surface area contributed by atoms with Crippen molar-refractivity contribution in [2.45, 2.75) is 0 Å². The molecule has 0 saturated carbocycles. The van der Waals surface area contributed by atoms with Crippen molar-refractivity contribution in [2.75, 3.05) is 0 Å². The van der Waals surface area contributed by atoms with Crippen molar-refractivity contribution in [3.05, 3.63) is 340 Å². The summed E-state index contributed by atoms with van der Waals surface area (Å²) in [6.07, 6.45) is 0. The average Bonchev–Trinajstić information content (AvgIpc) is 1.28. The highest BCUT2D eigenvalue weighted by molar-refractivity contribution is 6.22. The summed E-state index contributed by atoms with van der Waals surface area (Å²) in [6.45, 7) is 0. The molecule has 0 aliphatic rings. The van der Waals surface area contributed by atoms with Crippen LogP contribution in [0.1, 0.15) is 0 Å². The number of benzene rings is 17. The highest BCUT2D eigenvalue weighted by Gasteiger charge is 2.22. The zero-order chi connectivity index (χ0) is 58.1. The standard InChI is InChI=1S/C88H56/c1-5-26-72-57(17-1)21-14-34-75(72)61-38-43-65(44-39-61)84-55-71(68-24-13-25-69(53-68)87-79-30-9-11-32-81(79)88(82-33-12-10-31-80(82)87)70-52-49-64-42-37-60-20-4-8-29-78(60)83(64)54-70)56-85(66-45-40-62(41-46-66)76-35-15-22-58-18-2-6-27-73(58)76)86(84)67-50-47-63(48-51-67)77-36-16-23-59-19-3-7-28-74(59)77/h1-56H. The second-order valence-electron chi connectivity index (χ2n) is 23.4. The zero-order valence-electron chi connectivity index (χ0n) is 48.3. The molecule has 0 saturated heterocycles. The molecule has 0 spiro atoms. The Morgan fingerprint density at radius 3 is 0.830 bits per heavy atom. The molecule has 0 fully saturated rings. The van der Waals surface area contributed by atoms with E-state index in [9.17, 15) is 0 Å². The largest absolute Gasteiger partial charge is 0.0616 e. The molecule has 0 aliphatic heterocycles. The number of hydrogen-bond acceptors (Lipinski definition) is 0. The van der Waals surface area contributed by atoms with Gasteiger partial charge in [0.05, 0.1) is 0 Å². The Labute approximate surface area is 512 Å². The van der Waals surface area contributed by atoms with Gasteiger partial charge >= 0.3 is 0 Å². The van der Waals surface area contributed by atoms with Crippen LogP contribution >= 0.6 is 0 Å². The van der Waals surface area contributed by atoms with Crippen molar-refractivity contribution in [1.29, 1.82) is 0 Å². The molecule has 0 aromatic heterocycles. The van der Waals surface area contributed by atoms with E-state index in [4.69, 9.17) is 0 Å². The first-order chi connectivity index (χ1) is 43.6. The second kappa shape index (κ2) is 21.3. The average molecular weight is 1110 g/mol. The van der Waals surface area contributed by atoms with Crippen molar-refractivity contribution in [2.24, 2.45) is 0 Å². The third kappa shape index (κ3) is 8.76. The van der Waals surface area contributed by atoms with Crippen LogP contribution in [0.25, 0.3) is 176 Å². The summed E-state index contributed by atoms with van der Waals surface area (Å²) in [5.41, 5.74) is 21.4. The number of fused-ring (bicyclic) bond motifs is 8. The first kappa shape index (κ1) is 51.0. The molecule has 17 rings (SSSR count). The lowest BCUT2D eigenvalue weighted by molar-refractivity contribution is 1.54. The fourth-order valence-electron chi connectivity index (χ4n) is 14.2. The summed E-state index contributed by atoms with van der Waals surface area (Å²) in [5.74, 6) is 0. The van der Waals surface area contributed by atoms with Gasteiger partial charge in [-0.1, -0.05) is 315 Å². The third-order valence-corrected chi connectivity index (χ3v) is 18.5. The molecule has 17 aromatic carbocycles. The number of hydrogen-bond donors (Lipinski definition) is 0. The SMILES string of the molecule is c1cc(-c2cc(-c3ccc(-c4cccc5ccccc45)cc3)c(-c3ccc(-c4cccc5ccccc45)cc3)c(-c3ccc(-c4cccc5ccccc45)cc3)c2)cc(-c2c3ccccc3c(-c3ccc4ccc5ccccc5c4c3)c3ccccc23)c1. The summed E-state index contributed by atoms with van der Waals surface area (Å²) in [6, 6.07) is 126. The van der Waals surface area contributed by atoms with E-state index in [0.29, 0.717) is 0 Å². The van der Waals surface area contributed by atoms with Gasteiger partial charge in [0.25, 0.3) is 0 Å². The molecule has 0 radical (unpaired) electrons. The van der Waals surface area contributed by atoms with E-state index in [1.807, 2.05) is 0 Å². The van der Waals surface area contributed by atoms with Gasteiger partial charge in [-0.05, 0) is 200 Å². The lowest BCUT2D eigenvalue weighted by Gasteiger charge is -2.21. The van der Waals surface area contributed by atoms with Gasteiger partial charge in [-0.2, -0.15) is 0 Å². The lowest BCUT2D eigenvalue weighted by Crippen LogP contribution is -1.95. The van der Waals surface area contributed by atoms with Gasteiger partial charge in [-0.15, -0.1) is 0 Å². The highest BCUT2D eigenvalue weighted by atomic mass is 14.3. The molecule has 0 unspecified atom stereocenters. The monoisotopic (exact) mass is 1110 g/mol. The van der Waals surface area contributed by atoms with Crippen LogP contribution in [0.4, 0.5) is 0 Å². The van der Waals surface area contributed by atoms with Gasteiger partial charge in [0.2, 0.25) is 0 Å². The molecule has 0 nitrogen and oxygen atoms in total. The summed E-state index contributed by atoms with van der Waals surface area (Å²) >= 11 is 0. The van der Waals surface area contributed by atoms with Crippen LogP contribution in [0.15, 0.2) is 340 Å². The predicted molar refractivity (Wildman–Crippen MR) is 378 cm³/mol. The first-order valence-corrected chi connectivity index (χ1v) is 30.5. The van der Waals surface area contributed by atoms with E-state index < -0.39 is 0 Å². The molecule has 0 N–H and O–H groups in total. The van der Waals surface area contributed by atoms with Crippen molar-refractivity contribution < 1.29 is 0 Å². The second-order valence-corrected chi connectivity index (χ2v) is 23.4. The Morgan fingerprint density at radius 1 is 0.114 bits per heavy atom. The summed E-state index contributed by atoms with van der Waals surface area (Å²) in [4.78, 5) is 0. The van der Waals surface area contributed by atoms with Crippen molar-refractivity contribution in [3.63, 3.8) is 0 Å². The fraction of sp³-hybridized carbons (Fsp3) is 0. The molecule has 0 bridgehead atoms. The van der Waals surface area contributed by atoms with E-state index in [-0.39, 0.29) is 0 Å². The van der Waals surface area contributed by atoms with Crippen LogP contribution in [-0.2, 0) is 0 Å².